The van der Waals surface area contributed by atoms with Gasteiger partial charge in [0, 0.05) is 35.6 Å². The lowest BCUT2D eigenvalue weighted by Crippen LogP contribution is -2.43. The molecule has 2 aliphatic rings. The molecule has 4 heterocycles. The maximum absolute atomic E-state index is 12.8. The fourth-order valence-electron chi connectivity index (χ4n) is 5.19. The highest BCUT2D eigenvalue weighted by atomic mass is 16.5. The van der Waals surface area contributed by atoms with Crippen molar-refractivity contribution in [2.75, 3.05) is 6.61 Å². The zero-order valence-corrected chi connectivity index (χ0v) is 16.2. The van der Waals surface area contributed by atoms with Gasteiger partial charge in [0.2, 0.25) is 0 Å². The highest BCUT2D eigenvalue weighted by Gasteiger charge is 2.59. The summed E-state index contributed by atoms with van der Waals surface area (Å²) >= 11 is 0. The van der Waals surface area contributed by atoms with Crippen LogP contribution in [0.2, 0.25) is 0 Å². The molecule has 2 aromatic heterocycles. The highest BCUT2D eigenvalue weighted by molar-refractivity contribution is 5.78. The maximum atomic E-state index is 12.8. The third-order valence-electron chi connectivity index (χ3n) is 6.40. The molecule has 0 spiro atoms. The lowest BCUT2D eigenvalue weighted by Gasteiger charge is -2.34. The fraction of sp³-hybridized carbons (Fsp3) is 0.650. The normalized spacial score (nSPS) is 28.2. The first-order valence-electron chi connectivity index (χ1n) is 9.74. The molecule has 0 aliphatic carbocycles. The molecule has 2 saturated heterocycles. The molecule has 2 bridgehead atoms. The summed E-state index contributed by atoms with van der Waals surface area (Å²) in [6.07, 6.45) is 5.93. The number of rotatable bonds is 5. The molecule has 0 amide bonds. The van der Waals surface area contributed by atoms with E-state index in [-0.39, 0.29) is 17.4 Å². The topological polar surface area (TPSA) is 59.7 Å². The second-order valence-corrected chi connectivity index (χ2v) is 7.80. The maximum Gasteiger partial charge on any atom is 0.313 e. The number of nitrogens with zero attached hydrogens (tertiary/aromatic N) is 4. The van der Waals surface area contributed by atoms with Crippen LogP contribution in [0, 0.1) is 19.3 Å². The Labute approximate surface area is 154 Å². The zero-order valence-electron chi connectivity index (χ0n) is 16.2. The van der Waals surface area contributed by atoms with Gasteiger partial charge in [-0.2, -0.15) is 5.10 Å². The molecular formula is C20H28N4O2. The van der Waals surface area contributed by atoms with E-state index in [9.17, 15) is 4.79 Å². The van der Waals surface area contributed by atoms with Gasteiger partial charge in [-0.3, -0.25) is 9.69 Å². The molecule has 4 rings (SSSR count). The van der Waals surface area contributed by atoms with Crippen LogP contribution >= 0.6 is 0 Å². The van der Waals surface area contributed by atoms with Gasteiger partial charge in [-0.1, -0.05) is 6.92 Å². The zero-order chi connectivity index (χ0) is 18.5. The first kappa shape index (κ1) is 17.5. The van der Waals surface area contributed by atoms with E-state index in [0.717, 1.165) is 54.8 Å². The fourth-order valence-corrected chi connectivity index (χ4v) is 5.19. The van der Waals surface area contributed by atoms with Crippen LogP contribution < -0.4 is 0 Å². The van der Waals surface area contributed by atoms with Crippen molar-refractivity contribution < 1.29 is 9.53 Å². The summed E-state index contributed by atoms with van der Waals surface area (Å²) in [6, 6.07) is 2.76. The second kappa shape index (κ2) is 6.34. The lowest BCUT2D eigenvalue weighted by molar-refractivity contribution is -0.157. The van der Waals surface area contributed by atoms with E-state index in [0.29, 0.717) is 12.6 Å². The summed E-state index contributed by atoms with van der Waals surface area (Å²) in [6.45, 7) is 9.35. The summed E-state index contributed by atoms with van der Waals surface area (Å²) in [4.78, 5) is 20.0. The van der Waals surface area contributed by atoms with Crippen LogP contribution in [0.25, 0.3) is 5.65 Å². The van der Waals surface area contributed by atoms with E-state index in [4.69, 9.17) is 9.72 Å². The molecule has 140 valence electrons. The number of aryl methyl sites for hydroxylation is 2. The standard InChI is InChI=1S/C20H28N4O2/c1-5-20(19(25)26-6-2)10-16-7-8-17(20)23(16)12-15-11-21-24-14(4)9-13(3)22-18(15)24/h9,11,16-17H,5-8,10,12H2,1-4H3/t16-,17+,20+/m0/s1. The number of esters is 1. The molecule has 0 saturated carbocycles. The number of fused-ring (bicyclic) bond motifs is 3. The minimum atomic E-state index is -0.346. The molecule has 6 nitrogen and oxygen atoms in total. The molecule has 26 heavy (non-hydrogen) atoms. The van der Waals surface area contributed by atoms with Crippen molar-refractivity contribution in [2.45, 2.75) is 72.0 Å². The number of carbonyl (C=O) groups excluding carboxylic acids is 1. The SMILES string of the molecule is CCOC(=O)[C@]1(CC)C[C@@H]2CC[C@H]1N2Cc1cnn2c(C)cc(C)nc12. The Morgan fingerprint density at radius 3 is 2.88 bits per heavy atom. The van der Waals surface area contributed by atoms with Crippen molar-refractivity contribution >= 4 is 11.6 Å². The van der Waals surface area contributed by atoms with Crippen molar-refractivity contribution in [1.29, 1.82) is 0 Å². The number of hydrogen-bond donors (Lipinski definition) is 0. The molecule has 3 atom stereocenters. The third-order valence-corrected chi connectivity index (χ3v) is 6.40. The van der Waals surface area contributed by atoms with Crippen molar-refractivity contribution in [3.63, 3.8) is 0 Å². The average Bonchev–Trinajstić information content (AvgIpc) is 3.28. The Bertz CT molecular complexity index is 846. The number of hydrogen-bond acceptors (Lipinski definition) is 5. The van der Waals surface area contributed by atoms with Gasteiger partial charge in [-0.25, -0.2) is 9.50 Å². The van der Waals surface area contributed by atoms with E-state index in [1.807, 2.05) is 30.6 Å². The summed E-state index contributed by atoms with van der Waals surface area (Å²) in [5.41, 5.74) is 3.84. The van der Waals surface area contributed by atoms with E-state index < -0.39 is 0 Å². The minimum absolute atomic E-state index is 0.00984. The molecule has 0 N–H and O–H groups in total. The second-order valence-electron chi connectivity index (χ2n) is 7.80. The quantitative estimate of drug-likeness (QED) is 0.771. The van der Waals surface area contributed by atoms with Crippen LogP contribution in [0.4, 0.5) is 0 Å². The average molecular weight is 356 g/mol. The number of carbonyl (C=O) groups is 1. The monoisotopic (exact) mass is 356 g/mol. The van der Waals surface area contributed by atoms with E-state index in [1.54, 1.807) is 0 Å². The molecule has 2 aromatic rings. The Balaban J connectivity index is 1.65. The van der Waals surface area contributed by atoms with E-state index in [1.165, 1.54) is 0 Å². The van der Waals surface area contributed by atoms with Gasteiger partial charge in [-0.05, 0) is 52.5 Å². The van der Waals surface area contributed by atoms with Crippen molar-refractivity contribution in [2.24, 2.45) is 5.41 Å². The Morgan fingerprint density at radius 2 is 2.15 bits per heavy atom. The summed E-state index contributed by atoms with van der Waals surface area (Å²) in [7, 11) is 0. The van der Waals surface area contributed by atoms with Crippen molar-refractivity contribution in [3.05, 3.63) is 29.2 Å². The van der Waals surface area contributed by atoms with Gasteiger partial charge in [0.05, 0.1) is 18.2 Å². The lowest BCUT2D eigenvalue weighted by atomic mass is 9.72. The molecule has 6 heteroatoms. The van der Waals surface area contributed by atoms with Crippen LogP contribution in [-0.2, 0) is 16.1 Å². The Hall–Kier alpha value is -1.95. The Morgan fingerprint density at radius 1 is 1.35 bits per heavy atom. The molecule has 2 aliphatic heterocycles. The van der Waals surface area contributed by atoms with Crippen molar-refractivity contribution in [3.8, 4) is 0 Å². The largest absolute Gasteiger partial charge is 0.466 e. The van der Waals surface area contributed by atoms with Crippen LogP contribution in [-0.4, -0.2) is 44.2 Å². The first-order valence-corrected chi connectivity index (χ1v) is 9.74. The molecule has 0 unspecified atom stereocenters. The van der Waals surface area contributed by atoms with E-state index in [2.05, 4.69) is 23.8 Å². The predicted molar refractivity (Wildman–Crippen MR) is 98.8 cm³/mol. The smallest absolute Gasteiger partial charge is 0.313 e. The molecule has 0 aromatic carbocycles. The first-order chi connectivity index (χ1) is 12.5. The van der Waals surface area contributed by atoms with Crippen LogP contribution in [0.15, 0.2) is 12.3 Å². The van der Waals surface area contributed by atoms with Crippen LogP contribution in [0.5, 0.6) is 0 Å². The number of aromatic nitrogens is 3. The Kier molecular flexibility index (Phi) is 4.26. The van der Waals surface area contributed by atoms with Gasteiger partial charge >= 0.3 is 5.97 Å². The van der Waals surface area contributed by atoms with Crippen LogP contribution in [0.3, 0.4) is 0 Å². The van der Waals surface area contributed by atoms with Gasteiger partial charge in [-0.15, -0.1) is 0 Å². The van der Waals surface area contributed by atoms with Crippen LogP contribution in [0.1, 0.15) is 56.5 Å². The van der Waals surface area contributed by atoms with Gasteiger partial charge in [0.1, 0.15) is 0 Å². The highest BCUT2D eigenvalue weighted by Crippen LogP contribution is 2.53. The summed E-state index contributed by atoms with van der Waals surface area (Å²) < 4.78 is 7.38. The van der Waals surface area contributed by atoms with Crippen molar-refractivity contribution in [1.82, 2.24) is 19.5 Å². The minimum Gasteiger partial charge on any atom is -0.466 e. The molecule has 0 radical (unpaired) electrons. The van der Waals surface area contributed by atoms with Gasteiger partial charge < -0.3 is 4.74 Å². The van der Waals surface area contributed by atoms with Gasteiger partial charge in [0.15, 0.2) is 5.65 Å². The number of ether oxygens (including phenoxy) is 1. The summed E-state index contributed by atoms with van der Waals surface area (Å²) in [5.74, 6) is -0.00984. The third kappa shape index (κ3) is 2.46. The van der Waals surface area contributed by atoms with E-state index >= 15 is 0 Å². The van der Waals surface area contributed by atoms with Gasteiger partial charge in [0.25, 0.3) is 0 Å². The summed E-state index contributed by atoms with van der Waals surface area (Å²) in [5, 5.41) is 4.53. The molecular weight excluding hydrogens is 328 g/mol. The predicted octanol–water partition coefficient (Wildman–Crippen LogP) is 3.04. The molecule has 2 fully saturated rings.